The Kier molecular flexibility index (Phi) is 4.23. The highest BCUT2D eigenvalue weighted by Gasteiger charge is 2.34. The number of aromatic nitrogens is 2. The Balaban J connectivity index is 2.35. The van der Waals surface area contributed by atoms with E-state index in [1.165, 1.54) is 0 Å². The Hall–Kier alpha value is -1.68. The van der Waals surface area contributed by atoms with E-state index in [0.29, 0.717) is 19.3 Å². The molecule has 0 bridgehead atoms. The maximum atomic E-state index is 12.6. The summed E-state index contributed by atoms with van der Waals surface area (Å²) in [6.07, 6.45) is 1.68. The number of rotatable bonds is 6. The number of aryl methyl sites for hydroxylation is 1. The molecule has 0 radical (unpaired) electrons. The molecule has 0 unspecified atom stereocenters. The van der Waals surface area contributed by atoms with Crippen LogP contribution in [0.2, 0.25) is 0 Å². The van der Waals surface area contributed by atoms with Crippen molar-refractivity contribution >= 4 is 16.7 Å². The maximum Gasteiger partial charge on any atom is 0.170 e. The summed E-state index contributed by atoms with van der Waals surface area (Å²) in [5.41, 5.74) is 1.20. The molecule has 108 valence electrons. The smallest absolute Gasteiger partial charge is 0.170 e. The van der Waals surface area contributed by atoms with Crippen LogP contribution in [0.1, 0.15) is 32.4 Å². The molecule has 0 fully saturated rings. The van der Waals surface area contributed by atoms with Crippen LogP contribution in [0, 0.1) is 0 Å². The van der Waals surface area contributed by atoms with Crippen LogP contribution in [-0.4, -0.2) is 28.3 Å². The first-order valence-electron chi connectivity index (χ1n) is 7.07. The maximum absolute atomic E-state index is 12.6. The normalized spacial score (nSPS) is 12.0. The van der Waals surface area contributed by atoms with Gasteiger partial charge in [0.05, 0.1) is 17.6 Å². The number of para-hydroxylation sites is 1. The van der Waals surface area contributed by atoms with Crippen LogP contribution in [0.3, 0.4) is 0 Å². The van der Waals surface area contributed by atoms with Gasteiger partial charge in [-0.1, -0.05) is 32.0 Å². The molecule has 2 rings (SSSR count). The molecule has 4 nitrogen and oxygen atoms in total. The van der Waals surface area contributed by atoms with Crippen molar-refractivity contribution in [2.45, 2.75) is 38.7 Å². The van der Waals surface area contributed by atoms with E-state index in [1.807, 2.05) is 49.8 Å². The number of carbonyl (C=O) groups is 1. The molecule has 0 aliphatic rings. The van der Waals surface area contributed by atoms with Gasteiger partial charge in [0.25, 0.3) is 0 Å². The summed E-state index contributed by atoms with van der Waals surface area (Å²) in [6, 6.07) is 7.98. The predicted octanol–water partition coefficient (Wildman–Crippen LogP) is 2.89. The molecular weight excluding hydrogens is 252 g/mol. The highest BCUT2D eigenvalue weighted by atomic mass is 16.5. The minimum atomic E-state index is -0.682. The van der Waals surface area contributed by atoms with Crippen LogP contribution in [-0.2, 0) is 23.0 Å². The molecule has 2 aromatic rings. The van der Waals surface area contributed by atoms with Crippen molar-refractivity contribution in [3.05, 3.63) is 30.0 Å². The minimum Gasteiger partial charge on any atom is -0.370 e. The van der Waals surface area contributed by atoms with Crippen LogP contribution in [0.15, 0.2) is 24.3 Å². The zero-order chi connectivity index (χ0) is 14.8. The first kappa shape index (κ1) is 14.7. The number of hydrogen-bond donors (Lipinski definition) is 0. The van der Waals surface area contributed by atoms with Crippen molar-refractivity contribution in [1.82, 2.24) is 9.78 Å². The average Bonchev–Trinajstić information content (AvgIpc) is 2.79. The van der Waals surface area contributed by atoms with Crippen LogP contribution in [0.25, 0.3) is 10.9 Å². The summed E-state index contributed by atoms with van der Waals surface area (Å²) < 4.78 is 7.33. The lowest BCUT2D eigenvalue weighted by atomic mass is 9.89. The average molecular weight is 274 g/mol. The first-order chi connectivity index (χ1) is 9.57. The molecule has 20 heavy (non-hydrogen) atoms. The molecule has 0 amide bonds. The highest BCUT2D eigenvalue weighted by Crippen LogP contribution is 2.25. The zero-order valence-electron chi connectivity index (χ0n) is 12.6. The Morgan fingerprint density at radius 3 is 2.55 bits per heavy atom. The van der Waals surface area contributed by atoms with Crippen molar-refractivity contribution in [2.24, 2.45) is 7.05 Å². The molecule has 0 N–H and O–H groups in total. The number of methoxy groups -OCH3 is 1. The second-order valence-electron chi connectivity index (χ2n) is 5.09. The molecule has 0 aliphatic carbocycles. The third-order valence-corrected chi connectivity index (χ3v) is 4.20. The van der Waals surface area contributed by atoms with Crippen molar-refractivity contribution < 1.29 is 9.53 Å². The molecule has 1 heterocycles. The number of benzene rings is 1. The van der Waals surface area contributed by atoms with E-state index in [0.717, 1.165) is 16.6 Å². The number of ether oxygens (including phenoxy) is 1. The predicted molar refractivity (Wildman–Crippen MR) is 79.7 cm³/mol. The summed E-state index contributed by atoms with van der Waals surface area (Å²) >= 11 is 0. The summed E-state index contributed by atoms with van der Waals surface area (Å²) in [5, 5.41) is 5.53. The van der Waals surface area contributed by atoms with Gasteiger partial charge in [0.2, 0.25) is 0 Å². The summed E-state index contributed by atoms with van der Waals surface area (Å²) in [6.45, 7) is 3.98. The Morgan fingerprint density at radius 2 is 1.95 bits per heavy atom. The molecule has 0 saturated carbocycles. The quantitative estimate of drug-likeness (QED) is 0.813. The number of carbonyl (C=O) groups excluding carboxylic acids is 1. The Bertz CT molecular complexity index is 604. The number of fused-ring (bicyclic) bond motifs is 1. The van der Waals surface area contributed by atoms with Crippen molar-refractivity contribution in [3.63, 3.8) is 0 Å². The molecule has 4 heteroatoms. The largest absolute Gasteiger partial charge is 0.370 e. The second-order valence-corrected chi connectivity index (χ2v) is 5.09. The number of ketones is 1. The lowest BCUT2D eigenvalue weighted by Crippen LogP contribution is -2.40. The van der Waals surface area contributed by atoms with Gasteiger partial charge in [-0.2, -0.15) is 5.10 Å². The van der Waals surface area contributed by atoms with Gasteiger partial charge in [-0.25, -0.2) is 0 Å². The van der Waals surface area contributed by atoms with Crippen LogP contribution in [0.5, 0.6) is 0 Å². The van der Waals surface area contributed by atoms with E-state index >= 15 is 0 Å². The number of Topliss-reactive ketones (excluding diaryl/α,β-unsaturated/α-hetero) is 1. The topological polar surface area (TPSA) is 44.1 Å². The lowest BCUT2D eigenvalue weighted by molar-refractivity contribution is -0.141. The van der Waals surface area contributed by atoms with E-state index in [-0.39, 0.29) is 5.78 Å². The number of nitrogens with zero attached hydrogens (tertiary/aromatic N) is 2. The van der Waals surface area contributed by atoms with E-state index in [1.54, 1.807) is 7.11 Å². The van der Waals surface area contributed by atoms with Gasteiger partial charge in [-0.05, 0) is 18.9 Å². The van der Waals surface area contributed by atoms with E-state index in [9.17, 15) is 4.79 Å². The molecule has 0 aliphatic heterocycles. The molecule has 0 atom stereocenters. The molecule has 0 spiro atoms. The van der Waals surface area contributed by atoms with Gasteiger partial charge in [0.1, 0.15) is 5.60 Å². The van der Waals surface area contributed by atoms with Gasteiger partial charge in [0, 0.05) is 19.5 Å². The van der Waals surface area contributed by atoms with Gasteiger partial charge in [-0.3, -0.25) is 9.48 Å². The van der Waals surface area contributed by atoms with Crippen molar-refractivity contribution in [2.75, 3.05) is 7.11 Å². The van der Waals surface area contributed by atoms with E-state index < -0.39 is 5.60 Å². The van der Waals surface area contributed by atoms with Crippen LogP contribution in [0.4, 0.5) is 0 Å². The number of hydrogen-bond acceptors (Lipinski definition) is 3. The molecule has 1 aromatic carbocycles. The van der Waals surface area contributed by atoms with Gasteiger partial charge >= 0.3 is 0 Å². The highest BCUT2D eigenvalue weighted by molar-refractivity contribution is 5.93. The van der Waals surface area contributed by atoms with E-state index in [2.05, 4.69) is 5.10 Å². The monoisotopic (exact) mass is 274 g/mol. The Morgan fingerprint density at radius 1 is 1.30 bits per heavy atom. The van der Waals surface area contributed by atoms with Gasteiger partial charge in [-0.15, -0.1) is 0 Å². The summed E-state index contributed by atoms with van der Waals surface area (Å²) in [7, 11) is 3.51. The molecule has 1 aromatic heterocycles. The zero-order valence-corrected chi connectivity index (χ0v) is 12.6. The van der Waals surface area contributed by atoms with Gasteiger partial charge in [0.15, 0.2) is 5.78 Å². The second kappa shape index (κ2) is 5.75. The summed E-state index contributed by atoms with van der Waals surface area (Å²) in [4.78, 5) is 12.6. The van der Waals surface area contributed by atoms with Crippen molar-refractivity contribution in [1.29, 1.82) is 0 Å². The summed E-state index contributed by atoms with van der Waals surface area (Å²) in [5.74, 6) is 0.105. The molecule has 0 saturated heterocycles. The lowest BCUT2D eigenvalue weighted by Gasteiger charge is -2.28. The SMILES string of the molecule is CCC(CC)(OC)C(=O)Cc1nn(C)c2ccccc12. The fourth-order valence-corrected chi connectivity index (χ4v) is 2.78. The fraction of sp³-hybridized carbons (Fsp3) is 0.500. The molecular formula is C16H22N2O2. The van der Waals surface area contributed by atoms with Crippen LogP contribution >= 0.6 is 0 Å². The first-order valence-corrected chi connectivity index (χ1v) is 7.07. The minimum absolute atomic E-state index is 0.105. The third-order valence-electron chi connectivity index (χ3n) is 4.20. The van der Waals surface area contributed by atoms with Gasteiger partial charge < -0.3 is 4.74 Å². The fourth-order valence-electron chi connectivity index (χ4n) is 2.78. The van der Waals surface area contributed by atoms with Crippen molar-refractivity contribution in [3.8, 4) is 0 Å². The Labute approximate surface area is 119 Å². The third kappa shape index (κ3) is 2.36. The van der Waals surface area contributed by atoms with E-state index in [4.69, 9.17) is 4.74 Å². The van der Waals surface area contributed by atoms with Crippen LogP contribution < -0.4 is 0 Å². The standard InChI is InChI=1S/C16H22N2O2/c1-5-16(6-2,20-4)15(19)11-13-12-9-7-8-10-14(12)18(3)17-13/h7-10H,5-6,11H2,1-4H3.